The number of hydrogen-bond donors (Lipinski definition) is 2. The van der Waals surface area contributed by atoms with Crippen LogP contribution in [0.4, 0.5) is 10.5 Å². The molecule has 1 aliphatic rings. The summed E-state index contributed by atoms with van der Waals surface area (Å²) in [5, 5.41) is 5.48. The second-order valence-electron chi connectivity index (χ2n) is 6.07. The fraction of sp³-hybridized carbons (Fsp3) is 0.263. The molecule has 1 heterocycles. The number of benzene rings is 2. The minimum absolute atomic E-state index is 0.108. The Kier molecular flexibility index (Phi) is 4.51. The van der Waals surface area contributed by atoms with Gasteiger partial charge in [-0.3, -0.25) is 4.79 Å². The van der Waals surface area contributed by atoms with Crippen LogP contribution < -0.4 is 10.6 Å². The van der Waals surface area contributed by atoms with E-state index in [0.717, 1.165) is 12.1 Å². The van der Waals surface area contributed by atoms with Gasteiger partial charge in [0.15, 0.2) is 0 Å². The fourth-order valence-electron chi connectivity index (χ4n) is 3.11. The Labute approximate surface area is 141 Å². The lowest BCUT2D eigenvalue weighted by Crippen LogP contribution is -2.53. The molecular formula is C19H21N3O2. The minimum Gasteiger partial charge on any atom is -0.355 e. The van der Waals surface area contributed by atoms with Gasteiger partial charge in [-0.1, -0.05) is 37.3 Å². The van der Waals surface area contributed by atoms with Gasteiger partial charge in [-0.05, 0) is 35.7 Å². The minimum atomic E-state index is -0.145. The molecule has 1 saturated heterocycles. The van der Waals surface area contributed by atoms with E-state index in [9.17, 15) is 9.59 Å². The molecule has 0 radical (unpaired) electrons. The number of carbonyl (C=O) groups excluding carboxylic acids is 2. The zero-order valence-corrected chi connectivity index (χ0v) is 13.8. The van der Waals surface area contributed by atoms with Crippen LogP contribution in [-0.2, 0) is 0 Å². The highest BCUT2D eigenvalue weighted by atomic mass is 16.2. The summed E-state index contributed by atoms with van der Waals surface area (Å²) in [6, 6.07) is 16.9. The van der Waals surface area contributed by atoms with Crippen molar-refractivity contribution in [1.29, 1.82) is 0 Å². The zero-order valence-electron chi connectivity index (χ0n) is 13.8. The van der Waals surface area contributed by atoms with Crippen LogP contribution in [0.1, 0.15) is 28.9 Å². The molecule has 5 heteroatoms. The Hall–Kier alpha value is -2.82. The van der Waals surface area contributed by atoms with Crippen LogP contribution in [-0.4, -0.2) is 30.4 Å². The molecule has 0 aliphatic carbocycles. The van der Waals surface area contributed by atoms with E-state index in [0.29, 0.717) is 17.2 Å². The molecule has 0 unspecified atom stereocenters. The molecule has 2 N–H and O–H groups in total. The standard InChI is InChI=1S/C19H21N3O2/c1-13-12-22(17(13)14-6-4-3-5-7-14)19(24)21-16-10-8-15(9-11-16)18(23)20-2/h3-11,13,17H,12H2,1-2H3,(H,20,23)(H,21,24)/t13-,17+/m0/s1. The first-order valence-electron chi connectivity index (χ1n) is 8.05. The third-order valence-electron chi connectivity index (χ3n) is 4.39. The number of nitrogens with zero attached hydrogens (tertiary/aromatic N) is 1. The van der Waals surface area contributed by atoms with E-state index in [2.05, 4.69) is 29.7 Å². The van der Waals surface area contributed by atoms with Crippen molar-refractivity contribution in [3.63, 3.8) is 0 Å². The maximum absolute atomic E-state index is 12.5. The van der Waals surface area contributed by atoms with Crippen LogP contribution >= 0.6 is 0 Å². The maximum Gasteiger partial charge on any atom is 0.322 e. The molecule has 24 heavy (non-hydrogen) atoms. The van der Waals surface area contributed by atoms with Crippen LogP contribution in [0.5, 0.6) is 0 Å². The highest BCUT2D eigenvalue weighted by molar-refractivity contribution is 5.95. The molecule has 2 atom stereocenters. The van der Waals surface area contributed by atoms with Gasteiger partial charge < -0.3 is 15.5 Å². The van der Waals surface area contributed by atoms with Gasteiger partial charge in [0, 0.05) is 24.8 Å². The van der Waals surface area contributed by atoms with Gasteiger partial charge in [-0.2, -0.15) is 0 Å². The van der Waals surface area contributed by atoms with E-state index in [-0.39, 0.29) is 18.0 Å². The predicted molar refractivity (Wildman–Crippen MR) is 93.9 cm³/mol. The van der Waals surface area contributed by atoms with Crippen molar-refractivity contribution in [3.8, 4) is 0 Å². The number of likely N-dealkylation sites (tertiary alicyclic amines) is 1. The number of urea groups is 1. The Bertz CT molecular complexity index is 728. The summed E-state index contributed by atoms with van der Waals surface area (Å²) in [6.45, 7) is 2.89. The van der Waals surface area contributed by atoms with E-state index in [1.54, 1.807) is 31.3 Å². The van der Waals surface area contributed by atoms with Crippen LogP contribution in [0.15, 0.2) is 54.6 Å². The molecule has 5 nitrogen and oxygen atoms in total. The van der Waals surface area contributed by atoms with E-state index in [4.69, 9.17) is 0 Å². The van der Waals surface area contributed by atoms with Crippen molar-refractivity contribution >= 4 is 17.6 Å². The Morgan fingerprint density at radius 2 is 1.71 bits per heavy atom. The lowest BCUT2D eigenvalue weighted by molar-refractivity contribution is 0.0671. The molecule has 0 bridgehead atoms. The average Bonchev–Trinajstić information content (AvgIpc) is 2.60. The van der Waals surface area contributed by atoms with Crippen LogP contribution in [0, 0.1) is 5.92 Å². The number of hydrogen-bond acceptors (Lipinski definition) is 2. The summed E-state index contributed by atoms with van der Waals surface area (Å²) < 4.78 is 0. The number of carbonyl (C=O) groups is 2. The van der Waals surface area contributed by atoms with Gasteiger partial charge >= 0.3 is 6.03 Å². The summed E-state index contributed by atoms with van der Waals surface area (Å²) >= 11 is 0. The van der Waals surface area contributed by atoms with Crippen molar-refractivity contribution in [2.24, 2.45) is 5.92 Å². The zero-order chi connectivity index (χ0) is 17.1. The van der Waals surface area contributed by atoms with E-state index >= 15 is 0 Å². The topological polar surface area (TPSA) is 61.4 Å². The van der Waals surface area contributed by atoms with Crippen molar-refractivity contribution < 1.29 is 9.59 Å². The van der Waals surface area contributed by atoms with Gasteiger partial charge in [0.05, 0.1) is 6.04 Å². The van der Waals surface area contributed by atoms with Crippen molar-refractivity contribution in [2.45, 2.75) is 13.0 Å². The summed E-state index contributed by atoms with van der Waals surface area (Å²) in [4.78, 5) is 25.9. The monoisotopic (exact) mass is 323 g/mol. The lowest BCUT2D eigenvalue weighted by atomic mass is 9.85. The highest BCUT2D eigenvalue weighted by Crippen LogP contribution is 2.38. The third-order valence-corrected chi connectivity index (χ3v) is 4.39. The Morgan fingerprint density at radius 1 is 1.04 bits per heavy atom. The second kappa shape index (κ2) is 6.74. The third kappa shape index (κ3) is 3.11. The molecule has 2 aromatic carbocycles. The molecule has 0 aromatic heterocycles. The number of anilines is 1. The first-order valence-corrected chi connectivity index (χ1v) is 8.05. The lowest BCUT2D eigenvalue weighted by Gasteiger charge is -2.46. The number of rotatable bonds is 3. The summed E-state index contributed by atoms with van der Waals surface area (Å²) in [5.41, 5.74) is 2.40. The quantitative estimate of drug-likeness (QED) is 0.910. The van der Waals surface area contributed by atoms with Gasteiger partial charge in [0.2, 0.25) is 0 Å². The Balaban J connectivity index is 1.68. The first-order chi connectivity index (χ1) is 11.6. The maximum atomic E-state index is 12.5. The van der Waals surface area contributed by atoms with Crippen molar-refractivity contribution in [1.82, 2.24) is 10.2 Å². The van der Waals surface area contributed by atoms with E-state index < -0.39 is 0 Å². The SMILES string of the molecule is CNC(=O)c1ccc(NC(=O)N2C[C@H](C)[C@@H]2c2ccccc2)cc1. The van der Waals surface area contributed by atoms with Crippen molar-refractivity contribution in [3.05, 3.63) is 65.7 Å². The fourth-order valence-corrected chi connectivity index (χ4v) is 3.11. The predicted octanol–water partition coefficient (Wildman–Crippen LogP) is 3.27. The number of nitrogens with one attached hydrogen (secondary N) is 2. The summed E-state index contributed by atoms with van der Waals surface area (Å²) in [5.74, 6) is 0.294. The molecule has 1 fully saturated rings. The first kappa shape index (κ1) is 16.1. The molecule has 0 spiro atoms. The molecule has 2 aromatic rings. The molecular weight excluding hydrogens is 302 g/mol. The van der Waals surface area contributed by atoms with Gasteiger partial charge in [0.1, 0.15) is 0 Å². The number of amides is 3. The van der Waals surface area contributed by atoms with Gasteiger partial charge in [0.25, 0.3) is 5.91 Å². The Morgan fingerprint density at radius 3 is 2.29 bits per heavy atom. The van der Waals surface area contributed by atoms with E-state index in [1.165, 1.54) is 0 Å². The smallest absolute Gasteiger partial charge is 0.322 e. The molecule has 3 amide bonds. The van der Waals surface area contributed by atoms with Gasteiger partial charge in [-0.15, -0.1) is 0 Å². The van der Waals surface area contributed by atoms with Gasteiger partial charge in [-0.25, -0.2) is 4.79 Å². The van der Waals surface area contributed by atoms with E-state index in [1.807, 2.05) is 23.1 Å². The van der Waals surface area contributed by atoms with Crippen molar-refractivity contribution in [2.75, 3.05) is 18.9 Å². The van der Waals surface area contributed by atoms with Crippen LogP contribution in [0.2, 0.25) is 0 Å². The summed E-state index contributed by atoms with van der Waals surface area (Å²) in [6.07, 6.45) is 0. The highest BCUT2D eigenvalue weighted by Gasteiger charge is 2.39. The molecule has 1 aliphatic heterocycles. The largest absolute Gasteiger partial charge is 0.355 e. The van der Waals surface area contributed by atoms with Crippen LogP contribution in [0.25, 0.3) is 0 Å². The van der Waals surface area contributed by atoms with Crippen LogP contribution in [0.3, 0.4) is 0 Å². The average molecular weight is 323 g/mol. The summed E-state index contributed by atoms with van der Waals surface area (Å²) in [7, 11) is 1.59. The molecule has 124 valence electrons. The molecule has 0 saturated carbocycles. The molecule has 3 rings (SSSR count). The second-order valence-corrected chi connectivity index (χ2v) is 6.07. The normalized spacial score (nSPS) is 19.3.